The Hall–Kier alpha value is -2.83. The number of nitrogens with one attached hydrogen (secondary N) is 3. The molecule has 7 nitrogen and oxygen atoms in total. The Balaban J connectivity index is 1.97. The van der Waals surface area contributed by atoms with Crippen molar-refractivity contribution in [1.82, 2.24) is 20.4 Å². The van der Waals surface area contributed by atoms with Gasteiger partial charge >= 0.3 is 6.03 Å². The van der Waals surface area contributed by atoms with Gasteiger partial charge in [0.15, 0.2) is 0 Å². The molecule has 0 bridgehead atoms. The summed E-state index contributed by atoms with van der Waals surface area (Å²) in [5, 5.41) is 12.3. The summed E-state index contributed by atoms with van der Waals surface area (Å²) in [6, 6.07) is 4.82. The molecule has 1 heterocycles. The van der Waals surface area contributed by atoms with Crippen LogP contribution in [-0.2, 0) is 13.6 Å². The second kappa shape index (κ2) is 6.95. The number of amides is 3. The van der Waals surface area contributed by atoms with Gasteiger partial charge in [-0.05, 0) is 37.6 Å². The van der Waals surface area contributed by atoms with Gasteiger partial charge in [0.2, 0.25) is 0 Å². The van der Waals surface area contributed by atoms with E-state index in [1.807, 2.05) is 20.9 Å². The van der Waals surface area contributed by atoms with E-state index in [-0.39, 0.29) is 11.9 Å². The van der Waals surface area contributed by atoms with Gasteiger partial charge in [-0.2, -0.15) is 5.10 Å². The van der Waals surface area contributed by atoms with E-state index in [2.05, 4.69) is 21.0 Å². The molecule has 3 N–H and O–H groups in total. The average molecular weight is 315 g/mol. The third kappa shape index (κ3) is 3.88. The molecule has 0 atom stereocenters. The highest BCUT2D eigenvalue weighted by molar-refractivity contribution is 5.96. The summed E-state index contributed by atoms with van der Waals surface area (Å²) in [6.45, 7) is 4.19. The van der Waals surface area contributed by atoms with E-state index >= 15 is 0 Å². The molecule has 1 aromatic heterocycles. The van der Waals surface area contributed by atoms with Crippen LogP contribution in [0.4, 0.5) is 10.5 Å². The topological polar surface area (TPSA) is 88.1 Å². The number of carbonyl (C=O) groups is 2. The maximum absolute atomic E-state index is 12.0. The second-order valence-corrected chi connectivity index (χ2v) is 5.30. The third-order valence-electron chi connectivity index (χ3n) is 3.74. The van der Waals surface area contributed by atoms with Crippen molar-refractivity contribution in [1.29, 1.82) is 0 Å². The molecule has 0 fully saturated rings. The summed E-state index contributed by atoms with van der Waals surface area (Å²) in [4.78, 5) is 23.6. The van der Waals surface area contributed by atoms with E-state index in [0.29, 0.717) is 17.8 Å². The van der Waals surface area contributed by atoms with E-state index in [1.54, 1.807) is 36.1 Å². The van der Waals surface area contributed by atoms with Crippen molar-refractivity contribution in [2.75, 3.05) is 12.4 Å². The number of hydrogen-bond donors (Lipinski definition) is 3. The number of benzene rings is 1. The molecule has 2 aromatic rings. The molecule has 0 unspecified atom stereocenters. The van der Waals surface area contributed by atoms with Crippen molar-refractivity contribution < 1.29 is 9.59 Å². The van der Waals surface area contributed by atoms with Gasteiger partial charge in [-0.3, -0.25) is 9.48 Å². The molecule has 3 amide bonds. The summed E-state index contributed by atoms with van der Waals surface area (Å²) in [5.41, 5.74) is 4.02. The first kappa shape index (κ1) is 16.5. The minimum Gasteiger partial charge on any atom is -0.355 e. The van der Waals surface area contributed by atoms with Crippen LogP contribution < -0.4 is 16.0 Å². The van der Waals surface area contributed by atoms with E-state index in [1.165, 1.54) is 0 Å². The molecule has 122 valence electrons. The van der Waals surface area contributed by atoms with Crippen LogP contribution in [-0.4, -0.2) is 28.8 Å². The van der Waals surface area contributed by atoms with Gasteiger partial charge < -0.3 is 16.0 Å². The van der Waals surface area contributed by atoms with Crippen molar-refractivity contribution in [3.63, 3.8) is 0 Å². The Bertz CT molecular complexity index is 736. The number of aryl methyl sites for hydroxylation is 2. The highest BCUT2D eigenvalue weighted by Gasteiger charge is 2.09. The molecule has 23 heavy (non-hydrogen) atoms. The zero-order valence-electron chi connectivity index (χ0n) is 13.7. The molecule has 0 saturated carbocycles. The molecule has 1 aromatic carbocycles. The number of rotatable bonds is 4. The van der Waals surface area contributed by atoms with E-state index in [0.717, 1.165) is 16.8 Å². The molecule has 0 aliphatic rings. The summed E-state index contributed by atoms with van der Waals surface area (Å²) in [7, 11) is 3.44. The maximum Gasteiger partial charge on any atom is 0.319 e. The molecule has 0 aliphatic carbocycles. The highest BCUT2D eigenvalue weighted by atomic mass is 16.2. The first-order chi connectivity index (χ1) is 10.9. The van der Waals surface area contributed by atoms with E-state index < -0.39 is 0 Å². The van der Waals surface area contributed by atoms with Gasteiger partial charge in [0.25, 0.3) is 5.91 Å². The first-order valence-corrected chi connectivity index (χ1v) is 7.27. The van der Waals surface area contributed by atoms with Crippen molar-refractivity contribution >= 4 is 17.6 Å². The molecule has 0 saturated heterocycles. The van der Waals surface area contributed by atoms with Gasteiger partial charge in [-0.15, -0.1) is 0 Å². The lowest BCUT2D eigenvalue weighted by Gasteiger charge is -2.11. The summed E-state index contributed by atoms with van der Waals surface area (Å²) >= 11 is 0. The second-order valence-electron chi connectivity index (χ2n) is 5.30. The fourth-order valence-electron chi connectivity index (χ4n) is 2.15. The smallest absolute Gasteiger partial charge is 0.319 e. The Morgan fingerprint density at radius 1 is 1.26 bits per heavy atom. The molecular formula is C16H21N5O2. The quantitative estimate of drug-likeness (QED) is 0.802. The number of urea groups is 1. The fraction of sp³-hybridized carbons (Fsp3) is 0.312. The molecule has 2 rings (SSSR count). The van der Waals surface area contributed by atoms with Gasteiger partial charge in [0.05, 0.1) is 6.20 Å². The third-order valence-corrected chi connectivity index (χ3v) is 3.74. The molecular weight excluding hydrogens is 294 g/mol. The number of hydrogen-bond acceptors (Lipinski definition) is 3. The van der Waals surface area contributed by atoms with Gasteiger partial charge in [0, 0.05) is 43.1 Å². The minimum atomic E-state index is -0.302. The van der Waals surface area contributed by atoms with E-state index in [4.69, 9.17) is 0 Å². The van der Waals surface area contributed by atoms with Gasteiger partial charge in [0.1, 0.15) is 0 Å². The van der Waals surface area contributed by atoms with E-state index in [9.17, 15) is 9.59 Å². The SMILES string of the molecule is CNC(=O)c1ccc(NC(=O)NCc2cnn(C)c2C)c(C)c1. The van der Waals surface area contributed by atoms with Gasteiger partial charge in [-0.25, -0.2) is 4.79 Å². The zero-order chi connectivity index (χ0) is 17.0. The lowest BCUT2D eigenvalue weighted by molar-refractivity contribution is 0.0963. The zero-order valence-corrected chi connectivity index (χ0v) is 13.7. The van der Waals surface area contributed by atoms with Crippen LogP contribution >= 0.6 is 0 Å². The number of anilines is 1. The average Bonchev–Trinajstić information content (AvgIpc) is 2.85. The highest BCUT2D eigenvalue weighted by Crippen LogP contribution is 2.16. The number of carbonyl (C=O) groups excluding carboxylic acids is 2. The molecule has 0 radical (unpaired) electrons. The number of nitrogens with zero attached hydrogens (tertiary/aromatic N) is 2. The van der Waals surface area contributed by atoms with Crippen molar-refractivity contribution in [2.45, 2.75) is 20.4 Å². The van der Waals surface area contributed by atoms with Crippen molar-refractivity contribution in [3.05, 3.63) is 46.8 Å². The van der Waals surface area contributed by atoms with Crippen LogP contribution in [0.5, 0.6) is 0 Å². The van der Waals surface area contributed by atoms with Crippen molar-refractivity contribution in [3.8, 4) is 0 Å². The maximum atomic E-state index is 12.0. The summed E-state index contributed by atoms with van der Waals surface area (Å²) in [5.74, 6) is -0.156. The Labute approximate surface area is 135 Å². The summed E-state index contributed by atoms with van der Waals surface area (Å²) in [6.07, 6.45) is 1.74. The summed E-state index contributed by atoms with van der Waals surface area (Å²) < 4.78 is 1.76. The molecule has 0 spiro atoms. The monoisotopic (exact) mass is 315 g/mol. The van der Waals surface area contributed by atoms with Crippen LogP contribution in [0.2, 0.25) is 0 Å². The van der Waals surface area contributed by atoms with Crippen molar-refractivity contribution in [2.24, 2.45) is 7.05 Å². The van der Waals surface area contributed by atoms with Gasteiger partial charge in [-0.1, -0.05) is 0 Å². The predicted molar refractivity (Wildman–Crippen MR) is 88.4 cm³/mol. The standard InChI is InChI=1S/C16H21N5O2/c1-10-7-12(15(22)17-3)5-6-14(10)20-16(23)18-8-13-9-19-21(4)11(13)2/h5-7,9H,8H2,1-4H3,(H,17,22)(H2,18,20,23). The molecule has 0 aliphatic heterocycles. The largest absolute Gasteiger partial charge is 0.355 e. The fourth-order valence-corrected chi connectivity index (χ4v) is 2.15. The van der Waals surface area contributed by atoms with Crippen LogP contribution in [0.3, 0.4) is 0 Å². The van der Waals surface area contributed by atoms with Crippen LogP contribution in [0, 0.1) is 13.8 Å². The predicted octanol–water partition coefficient (Wildman–Crippen LogP) is 1.72. The lowest BCUT2D eigenvalue weighted by Crippen LogP contribution is -2.28. The number of aromatic nitrogens is 2. The minimum absolute atomic E-state index is 0.156. The first-order valence-electron chi connectivity index (χ1n) is 7.27. The Morgan fingerprint density at radius 3 is 2.57 bits per heavy atom. The van der Waals surface area contributed by atoms with Crippen LogP contribution in [0.15, 0.2) is 24.4 Å². The lowest BCUT2D eigenvalue weighted by atomic mass is 10.1. The normalized spacial score (nSPS) is 10.3. The Kier molecular flexibility index (Phi) is 5.00. The van der Waals surface area contributed by atoms with Crippen LogP contribution in [0.25, 0.3) is 0 Å². The Morgan fingerprint density at radius 2 is 2.00 bits per heavy atom. The molecule has 7 heteroatoms. The van der Waals surface area contributed by atoms with Crippen LogP contribution in [0.1, 0.15) is 27.2 Å².